The molecule has 0 spiro atoms. The third kappa shape index (κ3) is 3.57. The molecule has 0 saturated carbocycles. The molecule has 4 rings (SSSR count). The first-order chi connectivity index (χ1) is 16.2. The first-order valence-electron chi connectivity index (χ1n) is 12.8. The SMILES string of the molecule is CCc1cc(CC)cc([Si](c2ccccc2)(c2c(C)cccc2C)C2(C)C=C(C)C(C)=C2C)c1. The van der Waals surface area contributed by atoms with Crippen LogP contribution >= 0.6 is 0 Å². The fourth-order valence-electron chi connectivity index (χ4n) is 6.52. The number of benzene rings is 3. The van der Waals surface area contributed by atoms with Gasteiger partial charge in [0.25, 0.3) is 0 Å². The summed E-state index contributed by atoms with van der Waals surface area (Å²) in [7, 11) is -2.58. The fourth-order valence-corrected chi connectivity index (χ4v) is 13.2. The summed E-state index contributed by atoms with van der Waals surface area (Å²) in [4.78, 5) is 0. The van der Waals surface area contributed by atoms with Crippen LogP contribution in [-0.2, 0) is 12.8 Å². The molecule has 0 heterocycles. The summed E-state index contributed by atoms with van der Waals surface area (Å²) < 4.78 is 0. The van der Waals surface area contributed by atoms with Gasteiger partial charge in [-0.2, -0.15) is 0 Å². The smallest absolute Gasteiger partial charge is 0.0730 e. The fraction of sp³-hybridized carbons (Fsp3) is 0.333. The van der Waals surface area contributed by atoms with Crippen molar-refractivity contribution in [2.24, 2.45) is 0 Å². The number of hydrogen-bond acceptors (Lipinski definition) is 0. The van der Waals surface area contributed by atoms with E-state index in [-0.39, 0.29) is 5.04 Å². The maximum atomic E-state index is 2.62. The van der Waals surface area contributed by atoms with Crippen LogP contribution in [0.3, 0.4) is 0 Å². The van der Waals surface area contributed by atoms with E-state index < -0.39 is 8.07 Å². The molecule has 3 aromatic rings. The molecule has 1 aliphatic carbocycles. The van der Waals surface area contributed by atoms with Gasteiger partial charge >= 0.3 is 0 Å². The summed E-state index contributed by atoms with van der Waals surface area (Å²) in [6.45, 7) is 18.8. The second-order valence-electron chi connectivity index (χ2n) is 10.4. The Balaban J connectivity index is 2.30. The molecule has 0 bridgehead atoms. The van der Waals surface area contributed by atoms with Gasteiger partial charge in [-0.1, -0.05) is 116 Å². The molecule has 0 saturated heterocycles. The zero-order chi connectivity index (χ0) is 24.7. The number of hydrogen-bond donors (Lipinski definition) is 0. The lowest BCUT2D eigenvalue weighted by Gasteiger charge is -2.48. The molecule has 2 atom stereocenters. The van der Waals surface area contributed by atoms with Crippen LogP contribution < -0.4 is 15.6 Å². The molecule has 0 aliphatic heterocycles. The van der Waals surface area contributed by atoms with Gasteiger partial charge in [0.1, 0.15) is 0 Å². The third-order valence-electron chi connectivity index (χ3n) is 8.58. The van der Waals surface area contributed by atoms with Gasteiger partial charge in [-0.15, -0.1) is 0 Å². The average molecular weight is 465 g/mol. The minimum atomic E-state index is -2.58. The van der Waals surface area contributed by atoms with E-state index in [4.69, 9.17) is 0 Å². The van der Waals surface area contributed by atoms with Gasteiger partial charge in [-0.05, 0) is 79.7 Å². The Morgan fingerprint density at radius 1 is 0.676 bits per heavy atom. The molecule has 2 unspecified atom stereocenters. The highest BCUT2D eigenvalue weighted by Crippen LogP contribution is 2.53. The van der Waals surface area contributed by atoms with Crippen molar-refractivity contribution in [2.45, 2.75) is 73.3 Å². The van der Waals surface area contributed by atoms with Crippen LogP contribution in [0.1, 0.15) is 63.8 Å². The van der Waals surface area contributed by atoms with Crippen LogP contribution in [0, 0.1) is 13.8 Å². The van der Waals surface area contributed by atoms with Gasteiger partial charge in [0.15, 0.2) is 8.07 Å². The van der Waals surface area contributed by atoms with E-state index in [0.717, 1.165) is 12.8 Å². The lowest BCUT2D eigenvalue weighted by molar-refractivity contribution is 0.869. The van der Waals surface area contributed by atoms with Crippen molar-refractivity contribution in [3.63, 3.8) is 0 Å². The predicted octanol–water partition coefficient (Wildman–Crippen LogP) is 6.96. The molecule has 0 fully saturated rings. The van der Waals surface area contributed by atoms with Gasteiger partial charge in [-0.3, -0.25) is 0 Å². The maximum Gasteiger partial charge on any atom is 0.162 e. The summed E-state index contributed by atoms with van der Waals surface area (Å²) >= 11 is 0. The summed E-state index contributed by atoms with van der Waals surface area (Å²) in [5.74, 6) is 0. The van der Waals surface area contributed by atoms with Crippen LogP contribution in [0.4, 0.5) is 0 Å². The lowest BCUT2D eigenvalue weighted by Crippen LogP contribution is -2.74. The van der Waals surface area contributed by atoms with Crippen LogP contribution in [0.25, 0.3) is 0 Å². The predicted molar refractivity (Wildman–Crippen MR) is 153 cm³/mol. The minimum Gasteiger partial charge on any atom is -0.0730 e. The largest absolute Gasteiger partial charge is 0.162 e. The van der Waals surface area contributed by atoms with E-state index >= 15 is 0 Å². The first-order valence-corrected chi connectivity index (χ1v) is 14.8. The van der Waals surface area contributed by atoms with Gasteiger partial charge in [0, 0.05) is 5.04 Å². The Morgan fingerprint density at radius 2 is 1.24 bits per heavy atom. The van der Waals surface area contributed by atoms with Crippen molar-refractivity contribution < 1.29 is 0 Å². The van der Waals surface area contributed by atoms with Gasteiger partial charge in [-0.25, -0.2) is 0 Å². The van der Waals surface area contributed by atoms with Crippen LogP contribution in [0.5, 0.6) is 0 Å². The molecule has 0 nitrogen and oxygen atoms in total. The van der Waals surface area contributed by atoms with Crippen LogP contribution in [0.2, 0.25) is 5.04 Å². The molecular weight excluding hydrogens is 424 g/mol. The van der Waals surface area contributed by atoms with Crippen molar-refractivity contribution in [2.75, 3.05) is 0 Å². The molecule has 1 aliphatic rings. The molecule has 3 aromatic carbocycles. The average Bonchev–Trinajstić information content (AvgIpc) is 3.04. The number of allylic oxidation sites excluding steroid dienone is 4. The molecule has 176 valence electrons. The van der Waals surface area contributed by atoms with Crippen molar-refractivity contribution in [1.82, 2.24) is 0 Å². The minimum absolute atomic E-state index is 0.0588. The molecule has 0 N–H and O–H groups in total. The summed E-state index contributed by atoms with van der Waals surface area (Å²) in [6.07, 6.45) is 4.74. The highest BCUT2D eigenvalue weighted by molar-refractivity contribution is 7.14. The molecular formula is C33H40Si. The Morgan fingerprint density at radius 3 is 1.71 bits per heavy atom. The highest BCUT2D eigenvalue weighted by Gasteiger charge is 2.57. The van der Waals surface area contributed by atoms with E-state index in [0.29, 0.717) is 0 Å². The van der Waals surface area contributed by atoms with Crippen LogP contribution in [0.15, 0.2) is 89.5 Å². The van der Waals surface area contributed by atoms with Crippen molar-refractivity contribution in [1.29, 1.82) is 0 Å². The Labute approximate surface area is 208 Å². The number of rotatable bonds is 6. The van der Waals surface area contributed by atoms with E-state index in [1.807, 2.05) is 0 Å². The van der Waals surface area contributed by atoms with Gasteiger partial charge in [0.05, 0.1) is 0 Å². The Kier molecular flexibility index (Phi) is 6.62. The van der Waals surface area contributed by atoms with E-state index in [2.05, 4.69) is 128 Å². The third-order valence-corrected chi connectivity index (χ3v) is 14.6. The van der Waals surface area contributed by atoms with E-state index in [9.17, 15) is 0 Å². The van der Waals surface area contributed by atoms with Crippen molar-refractivity contribution >= 4 is 23.6 Å². The molecule has 34 heavy (non-hydrogen) atoms. The summed E-state index contributed by atoms with van der Waals surface area (Å²) in [5.41, 5.74) is 10.2. The summed E-state index contributed by atoms with van der Waals surface area (Å²) in [5, 5.41) is 4.57. The molecule has 0 radical (unpaired) electrons. The lowest BCUT2D eigenvalue weighted by atomic mass is 10.0. The van der Waals surface area contributed by atoms with Crippen LogP contribution in [-0.4, -0.2) is 8.07 Å². The summed E-state index contributed by atoms with van der Waals surface area (Å²) in [6, 6.07) is 25.9. The van der Waals surface area contributed by atoms with E-state index in [1.165, 1.54) is 44.2 Å². The topological polar surface area (TPSA) is 0 Å². The first kappa shape index (κ1) is 24.5. The van der Waals surface area contributed by atoms with Gasteiger partial charge in [0.2, 0.25) is 0 Å². The Bertz CT molecular complexity index is 1230. The second kappa shape index (κ2) is 9.19. The molecule has 1 heteroatoms. The van der Waals surface area contributed by atoms with Crippen molar-refractivity contribution in [3.05, 3.63) is 112 Å². The quantitative estimate of drug-likeness (QED) is 0.273. The zero-order valence-electron chi connectivity index (χ0n) is 22.3. The maximum absolute atomic E-state index is 2.62. The zero-order valence-corrected chi connectivity index (χ0v) is 23.3. The van der Waals surface area contributed by atoms with Crippen molar-refractivity contribution in [3.8, 4) is 0 Å². The highest BCUT2D eigenvalue weighted by atomic mass is 28.3. The molecule has 0 amide bonds. The Hall–Kier alpha value is -2.64. The monoisotopic (exact) mass is 464 g/mol. The number of aryl methyl sites for hydroxylation is 4. The van der Waals surface area contributed by atoms with E-state index in [1.54, 1.807) is 10.4 Å². The standard InChI is InChI=1S/C33H40Si/c1-9-28-19-29(10-2)21-31(20-28)34(30-17-12-11-13-18-30,32-23(3)15-14-16-24(32)4)33(8)22-25(5)26(6)27(33)7/h11-22H,9-10H2,1-8H3. The second-order valence-corrected chi connectivity index (χ2v) is 14.6. The van der Waals surface area contributed by atoms with Gasteiger partial charge < -0.3 is 0 Å². The molecule has 0 aromatic heterocycles. The normalized spacial score (nSPS) is 19.8.